The standard InChI is InChI=1S/C20H20F3N3O7S/c1-8-7-34-17-13(16(28)26(17)14(8)18(29)30)25-15(27)12(24)9-3-4-11(10(5-9)6-32-2)33-19(31)20(21,22)23/h3-5,12-13,17H,6-7,24H2,1-2H3,(H,25,27)(H,29,30). The number of alkyl halides is 3. The van der Waals surface area contributed by atoms with Gasteiger partial charge in [-0.1, -0.05) is 6.07 Å². The zero-order chi connectivity index (χ0) is 25.4. The smallest absolute Gasteiger partial charge is 0.477 e. The number of thioether (sulfide) groups is 1. The van der Waals surface area contributed by atoms with Crippen molar-refractivity contribution in [1.29, 1.82) is 0 Å². The number of carboxylic acids is 1. The van der Waals surface area contributed by atoms with E-state index in [9.17, 15) is 37.5 Å². The summed E-state index contributed by atoms with van der Waals surface area (Å²) in [6.45, 7) is 1.37. The Morgan fingerprint density at radius 2 is 2.03 bits per heavy atom. The number of benzene rings is 1. The first-order valence-electron chi connectivity index (χ1n) is 9.71. The summed E-state index contributed by atoms with van der Waals surface area (Å²) in [5, 5.41) is 11.3. The van der Waals surface area contributed by atoms with Crippen LogP contribution in [0.25, 0.3) is 0 Å². The van der Waals surface area contributed by atoms with Crippen LogP contribution in [0.2, 0.25) is 0 Å². The molecule has 14 heteroatoms. The second-order valence-corrected chi connectivity index (χ2v) is 8.60. The fourth-order valence-corrected chi connectivity index (χ4v) is 4.78. The van der Waals surface area contributed by atoms with Gasteiger partial charge >= 0.3 is 18.1 Å². The van der Waals surface area contributed by atoms with E-state index in [1.54, 1.807) is 6.92 Å². The van der Waals surface area contributed by atoms with Gasteiger partial charge < -0.3 is 25.6 Å². The molecular weight excluding hydrogens is 483 g/mol. The first-order chi connectivity index (χ1) is 15.9. The van der Waals surface area contributed by atoms with E-state index in [-0.39, 0.29) is 23.4 Å². The number of β-lactam (4-membered cyclic amide) rings is 1. The lowest BCUT2D eigenvalue weighted by molar-refractivity contribution is -0.189. The Bertz CT molecular complexity index is 1080. The van der Waals surface area contributed by atoms with Gasteiger partial charge in [-0.05, 0) is 30.2 Å². The third-order valence-corrected chi connectivity index (χ3v) is 6.54. The molecule has 0 saturated carbocycles. The van der Waals surface area contributed by atoms with E-state index in [2.05, 4.69) is 10.1 Å². The second-order valence-electron chi connectivity index (χ2n) is 7.50. The Hall–Kier alpha value is -3.10. The van der Waals surface area contributed by atoms with E-state index in [1.165, 1.54) is 31.0 Å². The van der Waals surface area contributed by atoms with Crippen molar-refractivity contribution in [3.8, 4) is 5.75 Å². The molecule has 3 atom stereocenters. The van der Waals surface area contributed by atoms with Gasteiger partial charge in [0.2, 0.25) is 5.91 Å². The number of esters is 1. The molecule has 0 radical (unpaired) electrons. The number of carboxylic acid groups (broad SMARTS) is 1. The predicted octanol–water partition coefficient (Wildman–Crippen LogP) is 1.06. The van der Waals surface area contributed by atoms with Crippen LogP contribution in [0.4, 0.5) is 13.2 Å². The van der Waals surface area contributed by atoms with Crippen LogP contribution in [0, 0.1) is 0 Å². The minimum atomic E-state index is -5.20. The summed E-state index contributed by atoms with van der Waals surface area (Å²) in [5.74, 6) is -5.05. The molecule has 0 spiro atoms. The molecule has 0 aromatic heterocycles. The summed E-state index contributed by atoms with van der Waals surface area (Å²) in [5.41, 5.74) is 6.61. The monoisotopic (exact) mass is 503 g/mol. The van der Waals surface area contributed by atoms with Crippen LogP contribution in [0.15, 0.2) is 29.5 Å². The number of fused-ring (bicyclic) bond motifs is 1. The molecule has 1 aromatic rings. The number of aliphatic carboxylic acids is 1. The summed E-state index contributed by atoms with van der Waals surface area (Å²) >= 11 is 1.29. The van der Waals surface area contributed by atoms with Crippen LogP contribution in [0.5, 0.6) is 5.75 Å². The van der Waals surface area contributed by atoms with Crippen molar-refractivity contribution in [2.45, 2.75) is 37.2 Å². The summed E-state index contributed by atoms with van der Waals surface area (Å²) in [6.07, 6.45) is -5.20. The highest BCUT2D eigenvalue weighted by Crippen LogP contribution is 2.40. The molecule has 0 bridgehead atoms. The molecule has 184 valence electrons. The average molecular weight is 503 g/mol. The van der Waals surface area contributed by atoms with Crippen molar-refractivity contribution in [2.75, 3.05) is 12.9 Å². The third-order valence-electron chi connectivity index (χ3n) is 5.12. The van der Waals surface area contributed by atoms with E-state index in [0.717, 1.165) is 11.0 Å². The van der Waals surface area contributed by atoms with Crippen molar-refractivity contribution in [2.24, 2.45) is 5.73 Å². The molecular formula is C20H20F3N3O7S. The van der Waals surface area contributed by atoms with E-state index in [0.29, 0.717) is 11.3 Å². The van der Waals surface area contributed by atoms with E-state index < -0.39 is 53.1 Å². The van der Waals surface area contributed by atoms with Crippen LogP contribution >= 0.6 is 11.8 Å². The Labute approximate surface area is 195 Å². The van der Waals surface area contributed by atoms with E-state index in [1.807, 2.05) is 0 Å². The lowest BCUT2D eigenvalue weighted by atomic mass is 10.0. The third kappa shape index (κ3) is 4.88. The largest absolute Gasteiger partial charge is 0.491 e. The zero-order valence-corrected chi connectivity index (χ0v) is 18.7. The fourth-order valence-electron chi connectivity index (χ4n) is 3.49. The Morgan fingerprint density at radius 3 is 2.62 bits per heavy atom. The van der Waals surface area contributed by atoms with Crippen molar-refractivity contribution in [1.82, 2.24) is 10.2 Å². The number of halogens is 3. The number of carbonyl (C=O) groups excluding carboxylic acids is 3. The number of nitrogens with zero attached hydrogens (tertiary/aromatic N) is 1. The lowest BCUT2D eigenvalue weighted by Crippen LogP contribution is -2.71. The predicted molar refractivity (Wildman–Crippen MR) is 111 cm³/mol. The van der Waals surface area contributed by atoms with Gasteiger partial charge in [0.05, 0.1) is 6.61 Å². The highest BCUT2D eigenvalue weighted by Gasteiger charge is 2.54. The Kier molecular flexibility index (Phi) is 7.24. The van der Waals surface area contributed by atoms with Crippen molar-refractivity contribution >= 4 is 35.5 Å². The van der Waals surface area contributed by atoms with Gasteiger partial charge in [-0.2, -0.15) is 13.2 Å². The molecule has 4 N–H and O–H groups in total. The van der Waals surface area contributed by atoms with Gasteiger partial charge in [0.1, 0.15) is 28.9 Å². The fraction of sp³-hybridized carbons (Fsp3) is 0.400. The summed E-state index contributed by atoms with van der Waals surface area (Å²) in [7, 11) is 1.27. The minimum Gasteiger partial charge on any atom is -0.477 e. The molecule has 2 aliphatic heterocycles. The van der Waals surface area contributed by atoms with Crippen molar-refractivity contribution in [3.05, 3.63) is 40.6 Å². The van der Waals surface area contributed by atoms with Crippen LogP contribution in [0.3, 0.4) is 0 Å². The maximum atomic E-state index is 12.7. The van der Waals surface area contributed by atoms with Gasteiger partial charge in [-0.3, -0.25) is 14.5 Å². The molecule has 34 heavy (non-hydrogen) atoms. The maximum Gasteiger partial charge on any atom is 0.491 e. The first-order valence-corrected chi connectivity index (χ1v) is 10.8. The van der Waals surface area contributed by atoms with Gasteiger partial charge in [-0.15, -0.1) is 11.8 Å². The van der Waals surface area contributed by atoms with Gasteiger partial charge in [0.25, 0.3) is 5.91 Å². The molecule has 2 amide bonds. The number of ether oxygens (including phenoxy) is 2. The van der Waals surface area contributed by atoms with Gasteiger partial charge in [-0.25, -0.2) is 9.59 Å². The van der Waals surface area contributed by atoms with E-state index in [4.69, 9.17) is 10.5 Å². The normalized spacial score (nSPS) is 20.9. The number of rotatable bonds is 7. The SMILES string of the molecule is COCc1cc(C(N)C(=O)NC2C(=O)N3C(C(=O)O)=C(C)CSC23)ccc1OC(=O)C(F)(F)F. The van der Waals surface area contributed by atoms with Gasteiger partial charge in [0.15, 0.2) is 0 Å². The molecule has 1 saturated heterocycles. The summed E-state index contributed by atoms with van der Waals surface area (Å²) in [4.78, 5) is 49.0. The van der Waals surface area contributed by atoms with Crippen LogP contribution in [-0.2, 0) is 30.5 Å². The average Bonchev–Trinajstić information content (AvgIpc) is 2.76. The molecule has 3 unspecified atom stereocenters. The lowest BCUT2D eigenvalue weighted by Gasteiger charge is -2.49. The van der Waals surface area contributed by atoms with Crippen LogP contribution in [-0.4, -0.2) is 64.2 Å². The number of nitrogens with two attached hydrogens (primary N) is 1. The van der Waals surface area contributed by atoms with Crippen LogP contribution in [0.1, 0.15) is 24.1 Å². The Morgan fingerprint density at radius 1 is 1.35 bits per heavy atom. The topological polar surface area (TPSA) is 148 Å². The number of amides is 2. The van der Waals surface area contributed by atoms with Gasteiger partial charge in [0, 0.05) is 18.4 Å². The number of hydrogen-bond donors (Lipinski definition) is 3. The Balaban J connectivity index is 1.74. The van der Waals surface area contributed by atoms with Crippen LogP contribution < -0.4 is 15.8 Å². The molecule has 1 fully saturated rings. The quantitative estimate of drug-likeness (QED) is 0.282. The highest BCUT2D eigenvalue weighted by atomic mass is 32.2. The zero-order valence-electron chi connectivity index (χ0n) is 17.8. The summed E-state index contributed by atoms with van der Waals surface area (Å²) in [6, 6.07) is 1.21. The second kappa shape index (κ2) is 9.64. The molecule has 0 aliphatic carbocycles. The number of hydrogen-bond acceptors (Lipinski definition) is 8. The van der Waals surface area contributed by atoms with E-state index >= 15 is 0 Å². The molecule has 2 heterocycles. The first kappa shape index (κ1) is 25.5. The minimum absolute atomic E-state index is 0.0429. The molecule has 2 aliphatic rings. The summed E-state index contributed by atoms with van der Waals surface area (Å²) < 4.78 is 46.8. The number of carbonyl (C=O) groups is 4. The van der Waals surface area contributed by atoms with Crippen molar-refractivity contribution in [3.63, 3.8) is 0 Å². The van der Waals surface area contributed by atoms with Crippen molar-refractivity contribution < 1.29 is 46.9 Å². The number of methoxy groups -OCH3 is 1. The molecule has 1 aromatic carbocycles. The maximum absolute atomic E-state index is 12.7. The molecule has 10 nitrogen and oxygen atoms in total. The highest BCUT2D eigenvalue weighted by molar-refractivity contribution is 8.00. The molecule has 3 rings (SSSR count). The number of nitrogens with one attached hydrogen (secondary N) is 1.